The van der Waals surface area contributed by atoms with Gasteiger partial charge in [0.15, 0.2) is 0 Å². The van der Waals surface area contributed by atoms with E-state index in [1.54, 1.807) is 7.11 Å². The molecule has 2 heterocycles. The van der Waals surface area contributed by atoms with Crippen LogP contribution in [-0.4, -0.2) is 68.4 Å². The molecule has 2 aliphatic rings. The van der Waals surface area contributed by atoms with Crippen LogP contribution in [0.15, 0.2) is 24.3 Å². The average Bonchev–Trinajstić information content (AvgIpc) is 3.01. The third kappa shape index (κ3) is 6.38. The Hall–Kier alpha value is -1.79. The molecule has 1 aromatic rings. The number of rotatable bonds is 7. The standard InChI is InChI=1S/C22H35N3O3/c1-27-21-9-7-19(8-10-21)23-22(26)25(20-11-17-28-18-12-20)16-6-15-24-13-4-2-3-5-14-24/h7-10,20H,2-6,11-18H2,1H3,(H,23,26). The minimum Gasteiger partial charge on any atom is -0.497 e. The van der Waals surface area contributed by atoms with E-state index in [9.17, 15) is 4.79 Å². The summed E-state index contributed by atoms with van der Waals surface area (Å²) in [6.07, 6.45) is 8.18. The lowest BCUT2D eigenvalue weighted by Crippen LogP contribution is -2.46. The highest BCUT2D eigenvalue weighted by atomic mass is 16.5. The predicted octanol–water partition coefficient (Wildman–Crippen LogP) is 3.97. The molecule has 0 atom stereocenters. The Kier molecular flexibility index (Phi) is 8.42. The lowest BCUT2D eigenvalue weighted by atomic mass is 10.1. The number of hydrogen-bond donors (Lipinski definition) is 1. The van der Waals surface area contributed by atoms with Crippen LogP contribution >= 0.6 is 0 Å². The first-order chi connectivity index (χ1) is 13.8. The topological polar surface area (TPSA) is 54.0 Å². The molecule has 1 N–H and O–H groups in total. The number of nitrogens with zero attached hydrogens (tertiary/aromatic N) is 2. The number of likely N-dealkylation sites (tertiary alicyclic amines) is 1. The Bertz CT molecular complexity index is 579. The van der Waals surface area contributed by atoms with Gasteiger partial charge in [0.25, 0.3) is 0 Å². The third-order valence-corrected chi connectivity index (χ3v) is 5.81. The number of amides is 2. The fourth-order valence-corrected chi connectivity index (χ4v) is 4.14. The van der Waals surface area contributed by atoms with Crippen molar-refractivity contribution in [1.29, 1.82) is 0 Å². The molecule has 2 amide bonds. The van der Waals surface area contributed by atoms with Gasteiger partial charge in [-0.25, -0.2) is 4.79 Å². The van der Waals surface area contributed by atoms with Crippen molar-refractivity contribution < 1.29 is 14.3 Å². The summed E-state index contributed by atoms with van der Waals surface area (Å²) in [4.78, 5) is 17.6. The molecule has 0 radical (unpaired) electrons. The first-order valence-electron chi connectivity index (χ1n) is 10.8. The van der Waals surface area contributed by atoms with Crippen LogP contribution in [-0.2, 0) is 4.74 Å². The van der Waals surface area contributed by atoms with E-state index in [1.165, 1.54) is 38.8 Å². The molecule has 6 nitrogen and oxygen atoms in total. The van der Waals surface area contributed by atoms with Gasteiger partial charge < -0.3 is 24.6 Å². The van der Waals surface area contributed by atoms with E-state index < -0.39 is 0 Å². The van der Waals surface area contributed by atoms with Crippen LogP contribution in [0.4, 0.5) is 10.5 Å². The van der Waals surface area contributed by atoms with Gasteiger partial charge in [0.05, 0.1) is 7.11 Å². The molecular formula is C22H35N3O3. The molecule has 3 rings (SSSR count). The van der Waals surface area contributed by atoms with Gasteiger partial charge in [0.1, 0.15) is 5.75 Å². The maximum atomic E-state index is 13.0. The second-order valence-electron chi connectivity index (χ2n) is 7.81. The quantitative estimate of drug-likeness (QED) is 0.767. The van der Waals surface area contributed by atoms with Crippen molar-refractivity contribution >= 4 is 11.7 Å². The molecule has 2 fully saturated rings. The lowest BCUT2D eigenvalue weighted by Gasteiger charge is -2.35. The maximum Gasteiger partial charge on any atom is 0.322 e. The van der Waals surface area contributed by atoms with Crippen molar-refractivity contribution in [3.8, 4) is 5.75 Å². The van der Waals surface area contributed by atoms with E-state index in [0.717, 1.165) is 57.0 Å². The third-order valence-electron chi connectivity index (χ3n) is 5.81. The highest BCUT2D eigenvalue weighted by Crippen LogP contribution is 2.19. The Morgan fingerprint density at radius 1 is 1.14 bits per heavy atom. The minimum absolute atomic E-state index is 0.00654. The van der Waals surface area contributed by atoms with Crippen molar-refractivity contribution in [1.82, 2.24) is 9.80 Å². The summed E-state index contributed by atoms with van der Waals surface area (Å²) in [5.41, 5.74) is 0.801. The smallest absolute Gasteiger partial charge is 0.322 e. The fourth-order valence-electron chi connectivity index (χ4n) is 4.14. The summed E-state index contributed by atoms with van der Waals surface area (Å²) in [6.45, 7) is 5.76. The summed E-state index contributed by atoms with van der Waals surface area (Å²) < 4.78 is 10.7. The molecule has 0 aliphatic carbocycles. The van der Waals surface area contributed by atoms with Crippen LogP contribution in [0.1, 0.15) is 44.9 Å². The van der Waals surface area contributed by atoms with Crippen molar-refractivity contribution in [3.63, 3.8) is 0 Å². The number of methoxy groups -OCH3 is 1. The molecule has 0 spiro atoms. The first-order valence-corrected chi connectivity index (χ1v) is 10.8. The van der Waals surface area contributed by atoms with Crippen LogP contribution in [0.3, 0.4) is 0 Å². The maximum absolute atomic E-state index is 13.0. The number of carbonyl (C=O) groups is 1. The molecule has 0 saturated carbocycles. The minimum atomic E-state index is -0.00654. The van der Waals surface area contributed by atoms with Crippen LogP contribution in [0.5, 0.6) is 5.75 Å². The van der Waals surface area contributed by atoms with E-state index >= 15 is 0 Å². The number of nitrogens with one attached hydrogen (secondary N) is 1. The average molecular weight is 390 g/mol. The Morgan fingerprint density at radius 2 is 1.82 bits per heavy atom. The van der Waals surface area contributed by atoms with Crippen LogP contribution in [0, 0.1) is 0 Å². The highest BCUT2D eigenvalue weighted by molar-refractivity contribution is 5.89. The highest BCUT2D eigenvalue weighted by Gasteiger charge is 2.26. The van der Waals surface area contributed by atoms with Crippen molar-refractivity contribution in [3.05, 3.63) is 24.3 Å². The summed E-state index contributed by atoms with van der Waals surface area (Å²) in [5, 5.41) is 3.07. The van der Waals surface area contributed by atoms with Gasteiger partial charge >= 0.3 is 6.03 Å². The molecule has 0 bridgehead atoms. The SMILES string of the molecule is COc1ccc(NC(=O)N(CCCN2CCCCCC2)C2CCOCC2)cc1. The number of anilines is 1. The Labute approximate surface area is 169 Å². The zero-order valence-corrected chi connectivity index (χ0v) is 17.2. The summed E-state index contributed by atoms with van der Waals surface area (Å²) >= 11 is 0. The van der Waals surface area contributed by atoms with Gasteiger partial charge in [0, 0.05) is 31.5 Å². The second-order valence-corrected chi connectivity index (χ2v) is 7.81. The number of hydrogen-bond acceptors (Lipinski definition) is 4. The van der Waals surface area contributed by atoms with Crippen molar-refractivity contribution in [2.24, 2.45) is 0 Å². The molecule has 156 valence electrons. The Morgan fingerprint density at radius 3 is 2.46 bits per heavy atom. The zero-order valence-electron chi connectivity index (χ0n) is 17.2. The van der Waals surface area contributed by atoms with E-state index in [1.807, 2.05) is 29.2 Å². The molecule has 0 aromatic heterocycles. The van der Waals surface area contributed by atoms with Gasteiger partial charge in [-0.05, 0) is 76.0 Å². The van der Waals surface area contributed by atoms with E-state index in [4.69, 9.17) is 9.47 Å². The molecule has 6 heteroatoms. The number of ether oxygens (including phenoxy) is 2. The molecule has 1 aromatic carbocycles. The van der Waals surface area contributed by atoms with E-state index in [0.29, 0.717) is 0 Å². The van der Waals surface area contributed by atoms with Gasteiger partial charge in [0.2, 0.25) is 0 Å². The molecule has 0 unspecified atom stereocenters. The monoisotopic (exact) mass is 389 g/mol. The molecule has 28 heavy (non-hydrogen) atoms. The van der Waals surface area contributed by atoms with Crippen molar-refractivity contribution in [2.75, 3.05) is 51.8 Å². The van der Waals surface area contributed by atoms with Crippen molar-refractivity contribution in [2.45, 2.75) is 51.0 Å². The summed E-state index contributed by atoms with van der Waals surface area (Å²) in [7, 11) is 1.64. The Balaban J connectivity index is 1.56. The van der Waals surface area contributed by atoms with Gasteiger partial charge in [-0.2, -0.15) is 0 Å². The van der Waals surface area contributed by atoms with E-state index in [-0.39, 0.29) is 12.1 Å². The molecule has 2 saturated heterocycles. The van der Waals surface area contributed by atoms with Gasteiger partial charge in [-0.1, -0.05) is 12.8 Å². The van der Waals surface area contributed by atoms with Crippen LogP contribution in [0.2, 0.25) is 0 Å². The number of urea groups is 1. The fraction of sp³-hybridized carbons (Fsp3) is 0.682. The summed E-state index contributed by atoms with van der Waals surface area (Å²) in [5.74, 6) is 0.789. The normalized spacial score (nSPS) is 19.0. The predicted molar refractivity (Wildman–Crippen MR) is 112 cm³/mol. The number of carbonyl (C=O) groups excluding carboxylic acids is 1. The molecule has 2 aliphatic heterocycles. The van der Waals surface area contributed by atoms with Gasteiger partial charge in [-0.15, -0.1) is 0 Å². The molecular weight excluding hydrogens is 354 g/mol. The van der Waals surface area contributed by atoms with Gasteiger partial charge in [-0.3, -0.25) is 0 Å². The largest absolute Gasteiger partial charge is 0.497 e. The van der Waals surface area contributed by atoms with Crippen LogP contribution in [0.25, 0.3) is 0 Å². The van der Waals surface area contributed by atoms with Crippen LogP contribution < -0.4 is 10.1 Å². The zero-order chi connectivity index (χ0) is 19.6. The first kappa shape index (κ1) is 20.9. The van der Waals surface area contributed by atoms with E-state index in [2.05, 4.69) is 10.2 Å². The number of benzene rings is 1. The second kappa shape index (κ2) is 11.3. The lowest BCUT2D eigenvalue weighted by molar-refractivity contribution is 0.0470. The summed E-state index contributed by atoms with van der Waals surface area (Å²) in [6, 6.07) is 7.76.